The minimum absolute atomic E-state index is 0.00422. The van der Waals surface area contributed by atoms with Gasteiger partial charge in [0.1, 0.15) is 0 Å². The van der Waals surface area contributed by atoms with Crippen molar-refractivity contribution in [3.05, 3.63) is 28.7 Å². The van der Waals surface area contributed by atoms with Gasteiger partial charge in [-0.15, -0.1) is 0 Å². The summed E-state index contributed by atoms with van der Waals surface area (Å²) in [6, 6.07) is 3.69. The van der Waals surface area contributed by atoms with Gasteiger partial charge in [0.05, 0.1) is 6.61 Å². The molecule has 0 fully saturated rings. The molecular formula is C15H27N3O2. The SMILES string of the molecule is CCC(CC)N(CCOC)CCn1cc(N)ccc1=O. The average Bonchev–Trinajstić information content (AvgIpc) is 2.45. The fourth-order valence-corrected chi connectivity index (χ4v) is 2.45. The van der Waals surface area contributed by atoms with Crippen LogP contribution in [0.4, 0.5) is 5.69 Å². The maximum atomic E-state index is 11.8. The minimum Gasteiger partial charge on any atom is -0.398 e. The van der Waals surface area contributed by atoms with E-state index in [1.54, 1.807) is 23.9 Å². The van der Waals surface area contributed by atoms with Crippen LogP contribution < -0.4 is 11.3 Å². The number of ether oxygens (including phenoxy) is 1. The molecule has 0 amide bonds. The summed E-state index contributed by atoms with van der Waals surface area (Å²) >= 11 is 0. The van der Waals surface area contributed by atoms with E-state index >= 15 is 0 Å². The summed E-state index contributed by atoms with van der Waals surface area (Å²) in [5, 5.41) is 0. The van der Waals surface area contributed by atoms with E-state index in [4.69, 9.17) is 10.5 Å². The first-order valence-corrected chi connectivity index (χ1v) is 7.31. The van der Waals surface area contributed by atoms with Gasteiger partial charge in [0.2, 0.25) is 0 Å². The van der Waals surface area contributed by atoms with E-state index in [2.05, 4.69) is 18.7 Å². The fourth-order valence-electron chi connectivity index (χ4n) is 2.45. The van der Waals surface area contributed by atoms with Crippen LogP contribution in [0, 0.1) is 0 Å². The van der Waals surface area contributed by atoms with Gasteiger partial charge in [0.25, 0.3) is 5.56 Å². The Morgan fingerprint density at radius 1 is 1.30 bits per heavy atom. The standard InChI is InChI=1S/C15H27N3O2/c1-4-14(5-2)17(10-11-20-3)8-9-18-12-13(16)6-7-15(18)19/h6-7,12,14H,4-5,8-11,16H2,1-3H3. The van der Waals surface area contributed by atoms with Crippen LogP contribution in [0.2, 0.25) is 0 Å². The van der Waals surface area contributed by atoms with Crippen molar-refractivity contribution in [2.45, 2.75) is 39.3 Å². The molecule has 114 valence electrons. The van der Waals surface area contributed by atoms with Crippen LogP contribution in [0.5, 0.6) is 0 Å². The Bertz CT molecular complexity index is 441. The number of nitrogen functional groups attached to an aromatic ring is 1. The largest absolute Gasteiger partial charge is 0.398 e. The molecule has 0 atom stereocenters. The Balaban J connectivity index is 2.69. The van der Waals surface area contributed by atoms with Crippen molar-refractivity contribution in [1.29, 1.82) is 0 Å². The summed E-state index contributed by atoms with van der Waals surface area (Å²) in [7, 11) is 1.72. The highest BCUT2D eigenvalue weighted by molar-refractivity contribution is 5.33. The molecule has 0 aliphatic rings. The Labute approximate surface area is 121 Å². The minimum atomic E-state index is -0.00422. The van der Waals surface area contributed by atoms with Crippen molar-refractivity contribution in [3.63, 3.8) is 0 Å². The van der Waals surface area contributed by atoms with Gasteiger partial charge in [-0.1, -0.05) is 13.8 Å². The molecule has 0 radical (unpaired) electrons. The number of methoxy groups -OCH3 is 1. The first-order chi connectivity index (χ1) is 9.62. The zero-order valence-electron chi connectivity index (χ0n) is 12.8. The number of rotatable bonds is 9. The van der Waals surface area contributed by atoms with Gasteiger partial charge in [-0.25, -0.2) is 0 Å². The molecule has 5 nitrogen and oxygen atoms in total. The molecule has 1 rings (SSSR count). The topological polar surface area (TPSA) is 60.5 Å². The van der Waals surface area contributed by atoms with E-state index in [0.717, 1.165) is 25.9 Å². The number of anilines is 1. The van der Waals surface area contributed by atoms with Crippen LogP contribution in [-0.4, -0.2) is 42.3 Å². The second kappa shape index (κ2) is 8.76. The molecule has 0 saturated carbocycles. The monoisotopic (exact) mass is 281 g/mol. The first kappa shape index (κ1) is 16.7. The molecule has 1 heterocycles. The van der Waals surface area contributed by atoms with Crippen LogP contribution >= 0.6 is 0 Å². The third kappa shape index (κ3) is 4.98. The summed E-state index contributed by atoms with van der Waals surface area (Å²) in [5.41, 5.74) is 6.35. The summed E-state index contributed by atoms with van der Waals surface area (Å²) in [6.45, 7) is 7.48. The first-order valence-electron chi connectivity index (χ1n) is 7.31. The van der Waals surface area contributed by atoms with Gasteiger partial charge in [0.15, 0.2) is 0 Å². The van der Waals surface area contributed by atoms with E-state index in [1.807, 2.05) is 0 Å². The van der Waals surface area contributed by atoms with Crippen molar-refractivity contribution in [1.82, 2.24) is 9.47 Å². The number of nitrogens with zero attached hydrogens (tertiary/aromatic N) is 2. The number of aromatic nitrogens is 1. The molecule has 1 aromatic heterocycles. The zero-order valence-corrected chi connectivity index (χ0v) is 12.8. The third-order valence-electron chi connectivity index (χ3n) is 3.68. The second-order valence-corrected chi connectivity index (χ2v) is 4.99. The molecule has 5 heteroatoms. The summed E-state index contributed by atoms with van der Waals surface area (Å²) in [5.74, 6) is 0. The van der Waals surface area contributed by atoms with Gasteiger partial charge in [-0.3, -0.25) is 9.69 Å². The van der Waals surface area contributed by atoms with E-state index in [0.29, 0.717) is 24.9 Å². The van der Waals surface area contributed by atoms with E-state index in [9.17, 15) is 4.79 Å². The lowest BCUT2D eigenvalue weighted by molar-refractivity contribution is 0.112. The lowest BCUT2D eigenvalue weighted by atomic mass is 10.1. The maximum Gasteiger partial charge on any atom is 0.250 e. The Hall–Kier alpha value is -1.33. The lowest BCUT2D eigenvalue weighted by Crippen LogP contribution is -2.40. The highest BCUT2D eigenvalue weighted by atomic mass is 16.5. The van der Waals surface area contributed by atoms with Gasteiger partial charge in [0, 0.05) is 50.7 Å². The van der Waals surface area contributed by atoms with Gasteiger partial charge < -0.3 is 15.0 Å². The Morgan fingerprint density at radius 3 is 2.60 bits per heavy atom. The van der Waals surface area contributed by atoms with Crippen LogP contribution in [0.25, 0.3) is 0 Å². The molecule has 0 spiro atoms. The van der Waals surface area contributed by atoms with Gasteiger partial charge in [-0.2, -0.15) is 0 Å². The highest BCUT2D eigenvalue weighted by Gasteiger charge is 2.14. The molecule has 0 aliphatic heterocycles. The van der Waals surface area contributed by atoms with Crippen LogP contribution in [0.15, 0.2) is 23.1 Å². The molecule has 0 bridgehead atoms. The van der Waals surface area contributed by atoms with Crippen molar-refractivity contribution < 1.29 is 4.74 Å². The predicted molar refractivity (Wildman–Crippen MR) is 82.9 cm³/mol. The van der Waals surface area contributed by atoms with Crippen molar-refractivity contribution >= 4 is 5.69 Å². The second-order valence-electron chi connectivity index (χ2n) is 4.99. The van der Waals surface area contributed by atoms with Gasteiger partial charge in [-0.05, 0) is 18.9 Å². The highest BCUT2D eigenvalue weighted by Crippen LogP contribution is 2.08. The Morgan fingerprint density at radius 2 is 2.00 bits per heavy atom. The molecule has 1 aromatic rings. The average molecular weight is 281 g/mol. The van der Waals surface area contributed by atoms with Crippen molar-refractivity contribution in [3.8, 4) is 0 Å². The predicted octanol–water partition coefficient (Wildman–Crippen LogP) is 1.57. The van der Waals surface area contributed by atoms with Crippen LogP contribution in [0.3, 0.4) is 0 Å². The summed E-state index contributed by atoms with van der Waals surface area (Å²) < 4.78 is 6.85. The maximum absolute atomic E-state index is 11.8. The normalized spacial score (nSPS) is 11.4. The molecule has 20 heavy (non-hydrogen) atoms. The van der Waals surface area contributed by atoms with Crippen molar-refractivity contribution in [2.75, 3.05) is 32.5 Å². The lowest BCUT2D eigenvalue weighted by Gasteiger charge is -2.30. The molecule has 0 unspecified atom stereocenters. The molecular weight excluding hydrogens is 254 g/mol. The number of hydrogen-bond donors (Lipinski definition) is 1. The van der Waals surface area contributed by atoms with E-state index in [-0.39, 0.29) is 5.56 Å². The summed E-state index contributed by atoms with van der Waals surface area (Å²) in [6.07, 6.45) is 3.92. The van der Waals surface area contributed by atoms with E-state index < -0.39 is 0 Å². The quantitative estimate of drug-likeness (QED) is 0.746. The number of pyridine rings is 1. The van der Waals surface area contributed by atoms with Gasteiger partial charge >= 0.3 is 0 Å². The van der Waals surface area contributed by atoms with Crippen LogP contribution in [-0.2, 0) is 11.3 Å². The van der Waals surface area contributed by atoms with E-state index in [1.165, 1.54) is 6.07 Å². The molecule has 0 saturated heterocycles. The summed E-state index contributed by atoms with van der Waals surface area (Å²) in [4.78, 5) is 14.2. The number of nitrogens with two attached hydrogens (primary N) is 1. The molecule has 0 aliphatic carbocycles. The smallest absolute Gasteiger partial charge is 0.250 e. The Kier molecular flexibility index (Phi) is 7.33. The third-order valence-corrected chi connectivity index (χ3v) is 3.68. The van der Waals surface area contributed by atoms with Crippen LogP contribution in [0.1, 0.15) is 26.7 Å². The van der Waals surface area contributed by atoms with Crippen molar-refractivity contribution in [2.24, 2.45) is 0 Å². The number of hydrogen-bond acceptors (Lipinski definition) is 4. The molecule has 0 aromatic carbocycles. The zero-order chi connectivity index (χ0) is 15.0. The molecule has 2 N–H and O–H groups in total. The fraction of sp³-hybridized carbons (Fsp3) is 0.667.